The molecule has 0 spiro atoms. The van der Waals surface area contributed by atoms with Crippen molar-refractivity contribution in [2.45, 2.75) is 58.6 Å². The Morgan fingerprint density at radius 3 is 2.41 bits per heavy atom. The molecular weight excluding hydrogens is 284 g/mol. The summed E-state index contributed by atoms with van der Waals surface area (Å²) in [5.74, 6) is 0.133. The third-order valence-corrected chi connectivity index (χ3v) is 3.75. The zero-order valence-electron chi connectivity index (χ0n) is 13.9. The zero-order valence-corrected chi connectivity index (χ0v) is 13.9. The number of nitrogens with one attached hydrogen (secondary N) is 2. The average molecular weight is 314 g/mol. The average Bonchev–Trinajstić information content (AvgIpc) is 2.98. The molecule has 0 saturated heterocycles. The van der Waals surface area contributed by atoms with Gasteiger partial charge in [0.1, 0.15) is 6.04 Å². The standard InChI is InChI=1S/C16H30N2O4/c1-11(2)9-22-10-14(19)8-17-15(20)12(3)18-16(21)13-6-4-5-7-13/h11-14,19H,4-10H2,1-3H3,(H,17,20)(H,18,21). The molecule has 3 N–H and O–H groups in total. The minimum atomic E-state index is -0.736. The Bertz CT molecular complexity index is 354. The topological polar surface area (TPSA) is 87.7 Å². The molecule has 1 rings (SSSR count). The summed E-state index contributed by atoms with van der Waals surface area (Å²) in [6, 6.07) is -0.586. The normalized spacial score (nSPS) is 18.2. The van der Waals surface area contributed by atoms with Crippen LogP contribution < -0.4 is 10.6 Å². The van der Waals surface area contributed by atoms with Crippen LogP contribution >= 0.6 is 0 Å². The van der Waals surface area contributed by atoms with Crippen molar-refractivity contribution in [2.75, 3.05) is 19.8 Å². The van der Waals surface area contributed by atoms with Crippen molar-refractivity contribution >= 4 is 11.8 Å². The van der Waals surface area contributed by atoms with E-state index in [1.807, 2.05) is 13.8 Å². The fourth-order valence-electron chi connectivity index (χ4n) is 2.45. The van der Waals surface area contributed by atoms with Gasteiger partial charge in [-0.15, -0.1) is 0 Å². The molecule has 2 amide bonds. The lowest BCUT2D eigenvalue weighted by molar-refractivity contribution is -0.130. The Kier molecular flexibility index (Phi) is 8.42. The fraction of sp³-hybridized carbons (Fsp3) is 0.875. The smallest absolute Gasteiger partial charge is 0.242 e. The van der Waals surface area contributed by atoms with Crippen LogP contribution in [0.1, 0.15) is 46.5 Å². The van der Waals surface area contributed by atoms with Crippen LogP contribution in [0.4, 0.5) is 0 Å². The first-order valence-corrected chi connectivity index (χ1v) is 8.24. The number of aliphatic hydroxyl groups excluding tert-OH is 1. The summed E-state index contributed by atoms with van der Waals surface area (Å²) in [5, 5.41) is 15.1. The SMILES string of the molecule is CC(C)COCC(O)CNC(=O)C(C)NC(=O)C1CCCC1. The highest BCUT2D eigenvalue weighted by atomic mass is 16.5. The minimum Gasteiger partial charge on any atom is -0.389 e. The Balaban J connectivity index is 2.18. The number of carbonyl (C=O) groups is 2. The number of hydrogen-bond donors (Lipinski definition) is 3. The van der Waals surface area contributed by atoms with Gasteiger partial charge in [-0.3, -0.25) is 9.59 Å². The zero-order chi connectivity index (χ0) is 16.5. The van der Waals surface area contributed by atoms with E-state index in [1.54, 1.807) is 6.92 Å². The van der Waals surface area contributed by atoms with Gasteiger partial charge in [-0.1, -0.05) is 26.7 Å². The van der Waals surface area contributed by atoms with Crippen LogP contribution in [0.3, 0.4) is 0 Å². The molecule has 2 unspecified atom stereocenters. The van der Waals surface area contributed by atoms with E-state index in [0.29, 0.717) is 12.5 Å². The Hall–Kier alpha value is -1.14. The predicted molar refractivity (Wildman–Crippen MR) is 84.2 cm³/mol. The van der Waals surface area contributed by atoms with Crippen molar-refractivity contribution < 1.29 is 19.4 Å². The van der Waals surface area contributed by atoms with Crippen LogP contribution in [0.5, 0.6) is 0 Å². The van der Waals surface area contributed by atoms with Crippen LogP contribution in [-0.4, -0.2) is 48.8 Å². The van der Waals surface area contributed by atoms with Gasteiger partial charge < -0.3 is 20.5 Å². The minimum absolute atomic E-state index is 0.0408. The predicted octanol–water partition coefficient (Wildman–Crippen LogP) is 0.831. The summed E-state index contributed by atoms with van der Waals surface area (Å²) >= 11 is 0. The van der Waals surface area contributed by atoms with E-state index < -0.39 is 12.1 Å². The Labute approximate surface area is 133 Å². The van der Waals surface area contributed by atoms with E-state index in [0.717, 1.165) is 25.7 Å². The van der Waals surface area contributed by atoms with Gasteiger partial charge in [-0.05, 0) is 25.7 Å². The number of hydrogen-bond acceptors (Lipinski definition) is 4. The molecule has 128 valence electrons. The highest BCUT2D eigenvalue weighted by Crippen LogP contribution is 2.24. The molecule has 0 aromatic heterocycles. The van der Waals surface area contributed by atoms with Crippen LogP contribution in [0.15, 0.2) is 0 Å². The molecule has 0 bridgehead atoms. The summed E-state index contributed by atoms with van der Waals surface area (Å²) in [6.45, 7) is 6.62. The van der Waals surface area contributed by atoms with Crippen molar-refractivity contribution in [2.24, 2.45) is 11.8 Å². The summed E-state index contributed by atoms with van der Waals surface area (Å²) in [7, 11) is 0. The highest BCUT2D eigenvalue weighted by molar-refractivity contribution is 5.88. The highest BCUT2D eigenvalue weighted by Gasteiger charge is 2.25. The van der Waals surface area contributed by atoms with E-state index in [4.69, 9.17) is 4.74 Å². The van der Waals surface area contributed by atoms with Gasteiger partial charge in [-0.2, -0.15) is 0 Å². The fourth-order valence-corrected chi connectivity index (χ4v) is 2.45. The largest absolute Gasteiger partial charge is 0.389 e. The van der Waals surface area contributed by atoms with Crippen molar-refractivity contribution in [3.05, 3.63) is 0 Å². The summed E-state index contributed by atoms with van der Waals surface area (Å²) in [4.78, 5) is 23.8. The van der Waals surface area contributed by atoms with Crippen LogP contribution in [0.2, 0.25) is 0 Å². The number of ether oxygens (including phenoxy) is 1. The number of amides is 2. The second kappa shape index (κ2) is 9.79. The van der Waals surface area contributed by atoms with Gasteiger partial charge >= 0.3 is 0 Å². The second-order valence-electron chi connectivity index (χ2n) is 6.54. The second-order valence-corrected chi connectivity index (χ2v) is 6.54. The number of aliphatic hydroxyl groups is 1. The molecular formula is C16H30N2O4. The molecule has 0 aliphatic heterocycles. The molecule has 0 aromatic carbocycles. The first-order chi connectivity index (χ1) is 10.4. The third kappa shape index (κ3) is 7.22. The maximum atomic E-state index is 11.9. The summed E-state index contributed by atoms with van der Waals surface area (Å²) < 4.78 is 5.31. The lowest BCUT2D eigenvalue weighted by atomic mass is 10.1. The van der Waals surface area contributed by atoms with Crippen LogP contribution in [0, 0.1) is 11.8 Å². The van der Waals surface area contributed by atoms with E-state index in [9.17, 15) is 14.7 Å². The summed E-state index contributed by atoms with van der Waals surface area (Å²) in [6.07, 6.45) is 3.25. The van der Waals surface area contributed by atoms with Gasteiger partial charge in [0.2, 0.25) is 11.8 Å². The lowest BCUT2D eigenvalue weighted by Crippen LogP contribution is -2.48. The maximum Gasteiger partial charge on any atom is 0.242 e. The van der Waals surface area contributed by atoms with E-state index >= 15 is 0 Å². The number of rotatable bonds is 9. The van der Waals surface area contributed by atoms with E-state index in [-0.39, 0.29) is 30.9 Å². The van der Waals surface area contributed by atoms with Gasteiger partial charge in [0, 0.05) is 19.1 Å². The molecule has 6 heteroatoms. The monoisotopic (exact) mass is 314 g/mol. The van der Waals surface area contributed by atoms with Crippen molar-refractivity contribution in [3.63, 3.8) is 0 Å². The van der Waals surface area contributed by atoms with Gasteiger partial charge in [0.25, 0.3) is 0 Å². The molecule has 6 nitrogen and oxygen atoms in total. The first-order valence-electron chi connectivity index (χ1n) is 8.24. The maximum absolute atomic E-state index is 11.9. The molecule has 22 heavy (non-hydrogen) atoms. The van der Waals surface area contributed by atoms with Gasteiger partial charge in [0.15, 0.2) is 0 Å². The molecule has 1 aliphatic rings. The van der Waals surface area contributed by atoms with Crippen molar-refractivity contribution in [3.8, 4) is 0 Å². The molecule has 1 saturated carbocycles. The number of carbonyl (C=O) groups excluding carboxylic acids is 2. The Morgan fingerprint density at radius 1 is 1.18 bits per heavy atom. The first kappa shape index (κ1) is 18.9. The molecule has 0 radical (unpaired) electrons. The lowest BCUT2D eigenvalue weighted by Gasteiger charge is -2.18. The molecule has 0 heterocycles. The quantitative estimate of drug-likeness (QED) is 0.588. The van der Waals surface area contributed by atoms with Crippen LogP contribution in [0.25, 0.3) is 0 Å². The van der Waals surface area contributed by atoms with E-state index in [1.165, 1.54) is 0 Å². The van der Waals surface area contributed by atoms with E-state index in [2.05, 4.69) is 10.6 Å². The van der Waals surface area contributed by atoms with Crippen molar-refractivity contribution in [1.82, 2.24) is 10.6 Å². The van der Waals surface area contributed by atoms with Crippen molar-refractivity contribution in [1.29, 1.82) is 0 Å². The third-order valence-electron chi connectivity index (χ3n) is 3.75. The molecule has 1 aliphatic carbocycles. The molecule has 1 fully saturated rings. The van der Waals surface area contributed by atoms with Gasteiger partial charge in [0.05, 0.1) is 12.7 Å². The van der Waals surface area contributed by atoms with Gasteiger partial charge in [-0.25, -0.2) is 0 Å². The molecule has 2 atom stereocenters. The summed E-state index contributed by atoms with van der Waals surface area (Å²) in [5.41, 5.74) is 0. The Morgan fingerprint density at radius 2 is 1.82 bits per heavy atom. The molecule has 0 aromatic rings. The van der Waals surface area contributed by atoms with Crippen LogP contribution in [-0.2, 0) is 14.3 Å².